The molecule has 4 aromatic heterocycles. The van der Waals surface area contributed by atoms with Crippen molar-refractivity contribution in [3.05, 3.63) is 33.9 Å². The van der Waals surface area contributed by atoms with Crippen LogP contribution in [0.5, 0.6) is 0 Å². The average molecular weight is 430 g/mol. The third-order valence-electron chi connectivity index (χ3n) is 5.89. The van der Waals surface area contributed by atoms with E-state index >= 15 is 0 Å². The van der Waals surface area contributed by atoms with E-state index in [0.717, 1.165) is 34.6 Å². The van der Waals surface area contributed by atoms with Crippen molar-refractivity contribution >= 4 is 56.6 Å². The number of nitrogens with zero attached hydrogens (tertiary/aromatic N) is 3. The van der Waals surface area contributed by atoms with Crippen molar-refractivity contribution in [2.24, 2.45) is 0 Å². The highest BCUT2D eigenvalue weighted by atomic mass is 35.5. The standard InChI is InChI=1S/C19H19N7OS.ClH/c20-15-11-5-6-28-19(11)25-18(27)14(15)17-22-12-3-4-13(23-16(12)24-17)26-8-9-1-2-10(26)7-21-9;/h3-6,9-10,21H,1-2,7-8H2,(H3,20,25,27)(H,22,23,24);1H. The Bertz CT molecular complexity index is 1270. The average Bonchev–Trinajstić information content (AvgIpc) is 3.35. The Balaban J connectivity index is 0.00000181. The minimum absolute atomic E-state index is 0. The van der Waals surface area contributed by atoms with Crippen LogP contribution in [0.3, 0.4) is 0 Å². The zero-order chi connectivity index (χ0) is 18.8. The molecule has 8 nitrogen and oxygen atoms in total. The van der Waals surface area contributed by atoms with E-state index in [1.54, 1.807) is 0 Å². The molecule has 2 unspecified atom stereocenters. The third kappa shape index (κ3) is 2.80. The smallest absolute Gasteiger partial charge is 0.262 e. The fourth-order valence-corrected chi connectivity index (χ4v) is 5.22. The lowest BCUT2D eigenvalue weighted by molar-refractivity contribution is 0.289. The zero-order valence-electron chi connectivity index (χ0n) is 15.4. The number of nitrogens with two attached hydrogens (primary N) is 1. The molecule has 2 bridgehead atoms. The van der Waals surface area contributed by atoms with Gasteiger partial charge in [0.2, 0.25) is 0 Å². The first-order valence-corrected chi connectivity index (χ1v) is 10.3. The van der Waals surface area contributed by atoms with E-state index in [9.17, 15) is 4.79 Å². The van der Waals surface area contributed by atoms with Crippen molar-refractivity contribution in [2.45, 2.75) is 24.9 Å². The van der Waals surface area contributed by atoms with E-state index in [-0.39, 0.29) is 18.0 Å². The maximum absolute atomic E-state index is 12.6. The van der Waals surface area contributed by atoms with Crippen LogP contribution in [0.15, 0.2) is 28.4 Å². The Morgan fingerprint density at radius 3 is 2.83 bits per heavy atom. The largest absolute Gasteiger partial charge is 0.397 e. The first-order valence-electron chi connectivity index (χ1n) is 9.43. The summed E-state index contributed by atoms with van der Waals surface area (Å²) in [5.74, 6) is 1.40. The molecule has 3 aliphatic heterocycles. The van der Waals surface area contributed by atoms with Gasteiger partial charge in [-0.2, -0.15) is 0 Å². The summed E-state index contributed by atoms with van der Waals surface area (Å²) in [6.07, 6.45) is 2.42. The van der Waals surface area contributed by atoms with E-state index < -0.39 is 0 Å². The van der Waals surface area contributed by atoms with Crippen LogP contribution in [0.4, 0.5) is 11.5 Å². The van der Waals surface area contributed by atoms with Gasteiger partial charge in [0, 0.05) is 30.6 Å². The summed E-state index contributed by atoms with van der Waals surface area (Å²) in [6, 6.07) is 6.91. The number of piperidine rings is 2. The fourth-order valence-electron chi connectivity index (χ4n) is 4.43. The van der Waals surface area contributed by atoms with Crippen molar-refractivity contribution in [2.75, 3.05) is 23.7 Å². The van der Waals surface area contributed by atoms with Crippen LogP contribution < -0.4 is 21.5 Å². The molecular formula is C19H20ClN7OS. The van der Waals surface area contributed by atoms with Gasteiger partial charge in [-0.25, -0.2) is 9.97 Å². The number of fused-ring (bicyclic) bond motifs is 5. The number of aromatic nitrogens is 4. The second-order valence-corrected chi connectivity index (χ2v) is 8.43. The molecule has 5 N–H and O–H groups in total. The van der Waals surface area contributed by atoms with E-state index in [0.29, 0.717) is 34.8 Å². The van der Waals surface area contributed by atoms with Crippen LogP contribution in [0, 0.1) is 0 Å². The van der Waals surface area contributed by atoms with E-state index in [1.165, 1.54) is 24.2 Å². The van der Waals surface area contributed by atoms with E-state index in [2.05, 4.69) is 25.2 Å². The topological polar surface area (TPSA) is 116 Å². The summed E-state index contributed by atoms with van der Waals surface area (Å²) in [6.45, 7) is 1.98. The molecule has 2 atom stereocenters. The lowest BCUT2D eigenvalue weighted by Gasteiger charge is -2.46. The Morgan fingerprint density at radius 2 is 2.07 bits per heavy atom. The van der Waals surface area contributed by atoms with E-state index in [1.807, 2.05) is 23.6 Å². The molecule has 0 spiro atoms. The molecule has 0 radical (unpaired) electrons. The predicted molar refractivity (Wildman–Crippen MR) is 119 cm³/mol. The van der Waals surface area contributed by atoms with Crippen molar-refractivity contribution in [3.63, 3.8) is 0 Å². The van der Waals surface area contributed by atoms with Gasteiger partial charge >= 0.3 is 0 Å². The Morgan fingerprint density at radius 1 is 1.17 bits per heavy atom. The van der Waals surface area contributed by atoms with Crippen molar-refractivity contribution in [3.8, 4) is 11.4 Å². The predicted octanol–water partition coefficient (Wildman–Crippen LogP) is 2.47. The highest BCUT2D eigenvalue weighted by Crippen LogP contribution is 2.31. The number of hydrogen-bond acceptors (Lipinski definition) is 7. The molecular weight excluding hydrogens is 410 g/mol. The summed E-state index contributed by atoms with van der Waals surface area (Å²) in [5, 5.41) is 6.31. The number of hydrogen-bond donors (Lipinski definition) is 4. The minimum atomic E-state index is -0.244. The maximum atomic E-state index is 12.6. The van der Waals surface area contributed by atoms with Crippen LogP contribution >= 0.6 is 23.7 Å². The van der Waals surface area contributed by atoms with Gasteiger partial charge in [0.1, 0.15) is 27.6 Å². The molecule has 150 valence electrons. The van der Waals surface area contributed by atoms with Crippen LogP contribution in [-0.4, -0.2) is 45.1 Å². The first kappa shape index (κ1) is 18.4. The number of imidazole rings is 1. The highest BCUT2D eigenvalue weighted by molar-refractivity contribution is 7.16. The summed E-state index contributed by atoms with van der Waals surface area (Å²) in [4.78, 5) is 31.3. The Labute approximate surface area is 176 Å². The third-order valence-corrected chi connectivity index (χ3v) is 6.72. The molecule has 0 aromatic carbocycles. The molecule has 3 fully saturated rings. The van der Waals surface area contributed by atoms with Gasteiger partial charge in [-0.05, 0) is 36.4 Å². The normalized spacial score (nSPS) is 21.0. The summed E-state index contributed by atoms with van der Waals surface area (Å²) < 4.78 is 0. The molecule has 10 heteroatoms. The minimum Gasteiger partial charge on any atom is -0.397 e. The first-order chi connectivity index (χ1) is 13.7. The van der Waals surface area contributed by atoms with Gasteiger partial charge in [-0.3, -0.25) is 4.79 Å². The summed E-state index contributed by atoms with van der Waals surface area (Å²) >= 11 is 1.46. The monoisotopic (exact) mass is 429 g/mol. The molecule has 29 heavy (non-hydrogen) atoms. The number of aromatic amines is 2. The lowest BCUT2D eigenvalue weighted by Crippen LogP contribution is -2.61. The van der Waals surface area contributed by atoms with Gasteiger partial charge in [0.15, 0.2) is 5.65 Å². The fraction of sp³-hybridized carbons (Fsp3) is 0.316. The molecule has 3 aliphatic rings. The quantitative estimate of drug-likeness (QED) is 0.389. The molecule has 0 amide bonds. The molecule has 0 saturated carbocycles. The van der Waals surface area contributed by atoms with Crippen LogP contribution in [0.25, 0.3) is 32.8 Å². The second kappa shape index (κ2) is 6.72. The molecule has 0 aliphatic carbocycles. The van der Waals surface area contributed by atoms with Gasteiger partial charge in [0.25, 0.3) is 5.56 Å². The molecule has 4 aromatic rings. The summed E-state index contributed by atoms with van der Waals surface area (Å²) in [7, 11) is 0. The zero-order valence-corrected chi connectivity index (χ0v) is 17.1. The number of nitrogen functional groups attached to an aromatic ring is 1. The Hall–Kier alpha value is -2.62. The SMILES string of the molecule is Cl.Nc1c(-c2nc3ccc(N4CC5CCC4CN5)nc3[nH]2)c(=O)[nH]c2sccc12. The number of nitrogens with one attached hydrogen (secondary N) is 3. The van der Waals surface area contributed by atoms with Crippen molar-refractivity contribution in [1.82, 2.24) is 25.3 Å². The maximum Gasteiger partial charge on any atom is 0.262 e. The van der Waals surface area contributed by atoms with Crippen molar-refractivity contribution in [1.29, 1.82) is 0 Å². The number of anilines is 2. The lowest BCUT2D eigenvalue weighted by atomic mass is 9.93. The number of piperazine rings is 1. The Kier molecular flexibility index (Phi) is 4.27. The molecule has 3 saturated heterocycles. The molecule has 7 rings (SSSR count). The van der Waals surface area contributed by atoms with Crippen molar-refractivity contribution < 1.29 is 0 Å². The number of thiophene rings is 1. The second-order valence-electron chi connectivity index (χ2n) is 7.52. The van der Waals surface area contributed by atoms with E-state index in [4.69, 9.17) is 10.7 Å². The van der Waals surface area contributed by atoms with Gasteiger partial charge in [-0.1, -0.05) is 0 Å². The number of rotatable bonds is 2. The van der Waals surface area contributed by atoms with Gasteiger partial charge in [0.05, 0.1) is 5.69 Å². The summed E-state index contributed by atoms with van der Waals surface area (Å²) in [5.41, 5.74) is 8.26. The van der Waals surface area contributed by atoms with Crippen LogP contribution in [0.2, 0.25) is 0 Å². The van der Waals surface area contributed by atoms with Crippen LogP contribution in [-0.2, 0) is 0 Å². The number of H-pyrrole nitrogens is 2. The van der Waals surface area contributed by atoms with Gasteiger partial charge < -0.3 is 25.9 Å². The number of pyridine rings is 2. The number of halogens is 1. The highest BCUT2D eigenvalue weighted by Gasteiger charge is 2.34. The molecule has 7 heterocycles. The van der Waals surface area contributed by atoms with Crippen LogP contribution in [0.1, 0.15) is 12.8 Å². The van der Waals surface area contributed by atoms with Gasteiger partial charge in [-0.15, -0.1) is 23.7 Å².